The van der Waals surface area contributed by atoms with E-state index in [1.807, 2.05) is 132 Å². The van der Waals surface area contributed by atoms with Crippen molar-refractivity contribution in [3.05, 3.63) is 479 Å². The summed E-state index contributed by atoms with van der Waals surface area (Å²) in [5, 5.41) is 7.19. The number of rotatable bonds is 16. The van der Waals surface area contributed by atoms with E-state index < -0.39 is 0 Å². The van der Waals surface area contributed by atoms with Crippen LogP contribution in [0.1, 0.15) is 0 Å². The summed E-state index contributed by atoms with van der Waals surface area (Å²) in [5.74, 6) is 5.77. The first-order valence-electron chi connectivity index (χ1n) is 44.9. The minimum absolute atomic E-state index is 0.591. The molecule has 0 bridgehead atoms. The number of aromatic nitrogens is 9. The van der Waals surface area contributed by atoms with E-state index >= 15 is 0 Å². The number of fused-ring (bicyclic) bond motifs is 9. The van der Waals surface area contributed by atoms with E-state index in [2.05, 4.69) is 370 Å². The quantitative estimate of drug-likeness (QED) is 0.0922. The van der Waals surface area contributed by atoms with Gasteiger partial charge in [-0.3, -0.25) is 0 Å². The molecule has 0 radical (unpaired) electrons. The highest BCUT2D eigenvalue weighted by Gasteiger charge is 2.23. The molecule has 12 heteroatoms. The summed E-state index contributed by atoms with van der Waals surface area (Å²) in [5.41, 5.74) is 26.5. The van der Waals surface area contributed by atoms with Crippen molar-refractivity contribution < 1.29 is 4.42 Å². The van der Waals surface area contributed by atoms with Crippen molar-refractivity contribution in [2.75, 3.05) is 0 Å². The highest BCUT2D eigenvalue weighted by Crippen LogP contribution is 2.45. The number of benzene rings is 19. The predicted octanol–water partition coefficient (Wildman–Crippen LogP) is 32.9. The predicted molar refractivity (Wildman–Crippen MR) is 560 cm³/mol. The lowest BCUT2D eigenvalue weighted by atomic mass is 9.97. The first-order chi connectivity index (χ1) is 66.8. The monoisotopic (exact) mass is 1760 g/mol. The Morgan fingerprint density at radius 1 is 0.141 bits per heavy atom. The van der Waals surface area contributed by atoms with Gasteiger partial charge in [-0.2, -0.15) is 0 Å². The Balaban J connectivity index is 0.000000114. The third-order valence-corrected chi connectivity index (χ3v) is 26.8. The Kier molecular flexibility index (Phi) is 22.3. The second kappa shape index (κ2) is 36.8. The van der Waals surface area contributed by atoms with Crippen LogP contribution in [0.4, 0.5) is 0 Å². The van der Waals surface area contributed by atoms with Crippen LogP contribution in [0.5, 0.6) is 0 Å². The van der Waals surface area contributed by atoms with E-state index in [1.54, 1.807) is 0 Å². The summed E-state index contributed by atoms with van der Waals surface area (Å²) in [4.78, 5) is 45.1. The molecule has 634 valence electrons. The van der Waals surface area contributed by atoms with E-state index in [-0.39, 0.29) is 0 Å². The minimum Gasteiger partial charge on any atom is -0.456 e. The van der Waals surface area contributed by atoms with Crippen molar-refractivity contribution in [1.29, 1.82) is 0 Å². The van der Waals surface area contributed by atoms with Crippen LogP contribution in [-0.4, -0.2) is 44.9 Å². The minimum atomic E-state index is 0.591. The second-order valence-electron chi connectivity index (χ2n) is 33.0. The van der Waals surface area contributed by atoms with Gasteiger partial charge in [0.15, 0.2) is 52.4 Å². The highest BCUT2D eigenvalue weighted by atomic mass is 32.1. The third-order valence-electron chi connectivity index (χ3n) is 24.5. The van der Waals surface area contributed by atoms with Crippen molar-refractivity contribution in [3.63, 3.8) is 0 Å². The van der Waals surface area contributed by atoms with Gasteiger partial charge in [-0.15, -0.1) is 22.7 Å². The number of thiophene rings is 2. The van der Waals surface area contributed by atoms with Crippen LogP contribution in [0.2, 0.25) is 0 Å². The Labute approximate surface area is 788 Å². The molecule has 10 nitrogen and oxygen atoms in total. The van der Waals surface area contributed by atoms with Gasteiger partial charge in [0.2, 0.25) is 0 Å². The summed E-state index contributed by atoms with van der Waals surface area (Å²) in [7, 11) is 0. The number of hydrogen-bond acceptors (Lipinski definition) is 12. The van der Waals surface area contributed by atoms with Crippen LogP contribution in [0.3, 0.4) is 0 Å². The van der Waals surface area contributed by atoms with Gasteiger partial charge in [0.25, 0.3) is 0 Å². The average molecular weight is 1760 g/mol. The molecule has 0 saturated heterocycles. The largest absolute Gasteiger partial charge is 0.456 e. The highest BCUT2D eigenvalue weighted by molar-refractivity contribution is 7.26. The van der Waals surface area contributed by atoms with Crippen LogP contribution < -0.4 is 0 Å². The second-order valence-corrected chi connectivity index (χ2v) is 35.2. The van der Waals surface area contributed by atoms with Crippen LogP contribution >= 0.6 is 22.7 Å². The van der Waals surface area contributed by atoms with E-state index in [4.69, 9.17) is 49.3 Å². The molecule has 0 fully saturated rings. The molecule has 25 aromatic rings. The summed E-state index contributed by atoms with van der Waals surface area (Å²) < 4.78 is 11.4. The fourth-order valence-corrected chi connectivity index (χ4v) is 20.1. The van der Waals surface area contributed by atoms with Crippen molar-refractivity contribution in [1.82, 2.24) is 44.9 Å². The Bertz CT molecular complexity index is 8490. The Morgan fingerprint density at radius 2 is 0.393 bits per heavy atom. The molecule has 0 aliphatic rings. The average Bonchev–Trinajstić information content (AvgIpc) is 1.62. The topological polar surface area (TPSA) is 129 Å². The molecular formula is C123H79N9OS2. The standard InChI is InChI=1S/C45H29N3S.C39H25N3O.C39H25N3S/c1-4-11-30(12-5-1)32-19-23-35(24-20-32)43-46-44(36-25-21-33(22-26-36)31-13-6-2-7-14-31)48-45(47-43)37-27-28-39-40-18-10-17-38(34-15-8-3-9-16-34)42(40)49-41(39)29-37;1-4-13-26(14-5-1)29-19-12-20-30(23-29)38-40-37(28-17-8-3-9-18-28)41-39(42-38)31-24-33(27-15-6-2-7-16-27)36-32-21-10-11-22-34(32)43-35(36)25-31;1-4-10-26(11-5-1)28-16-18-30(19-17-28)38-40-37(29-14-8-3-9-15-29)41-39(42-38)32-21-23-34-33-22-20-31(27-12-6-2-7-13-27)24-35(33)43-36(34)25-32/h1-29H;2*1-25H. The van der Waals surface area contributed by atoms with Gasteiger partial charge in [-0.05, 0) is 120 Å². The molecule has 0 aliphatic carbocycles. The maximum atomic E-state index is 6.40. The van der Waals surface area contributed by atoms with Gasteiger partial charge in [0.05, 0.1) is 0 Å². The van der Waals surface area contributed by atoms with Crippen molar-refractivity contribution in [3.8, 4) is 180 Å². The smallest absolute Gasteiger partial charge is 0.164 e. The summed E-state index contributed by atoms with van der Waals surface area (Å²) >= 11 is 3.63. The number of hydrogen-bond donors (Lipinski definition) is 0. The molecule has 0 spiro atoms. The molecule has 0 saturated carbocycles. The molecule has 0 atom stereocenters. The summed E-state index contributed by atoms with van der Waals surface area (Å²) in [6, 6.07) is 166. The third kappa shape index (κ3) is 17.1. The molecule has 135 heavy (non-hydrogen) atoms. The molecular weight excluding hydrogens is 1680 g/mol. The zero-order valence-electron chi connectivity index (χ0n) is 72.9. The molecule has 0 unspecified atom stereocenters. The maximum Gasteiger partial charge on any atom is 0.164 e. The molecule has 0 amide bonds. The Hall–Kier alpha value is -17.6. The fraction of sp³-hybridized carbons (Fsp3) is 0. The van der Waals surface area contributed by atoms with Gasteiger partial charge in [0, 0.05) is 101 Å². The van der Waals surface area contributed by atoms with E-state index in [1.165, 1.54) is 79.3 Å². The zero-order chi connectivity index (χ0) is 89.8. The van der Waals surface area contributed by atoms with E-state index in [0.717, 1.165) is 111 Å². The maximum absolute atomic E-state index is 6.40. The van der Waals surface area contributed by atoms with E-state index in [0.29, 0.717) is 52.4 Å². The molecule has 6 heterocycles. The molecule has 19 aromatic carbocycles. The zero-order valence-corrected chi connectivity index (χ0v) is 74.5. The molecule has 0 aliphatic heterocycles. The van der Waals surface area contributed by atoms with Crippen LogP contribution in [-0.2, 0) is 0 Å². The normalized spacial score (nSPS) is 11.3. The lowest BCUT2D eigenvalue weighted by molar-refractivity contribution is 0.669. The lowest BCUT2D eigenvalue weighted by Gasteiger charge is -2.11. The van der Waals surface area contributed by atoms with Crippen LogP contribution in [0, 0.1) is 0 Å². The van der Waals surface area contributed by atoms with Gasteiger partial charge in [0.1, 0.15) is 11.2 Å². The molecule has 6 aromatic heterocycles. The van der Waals surface area contributed by atoms with Gasteiger partial charge < -0.3 is 4.42 Å². The van der Waals surface area contributed by atoms with Crippen molar-refractivity contribution in [2.45, 2.75) is 0 Å². The van der Waals surface area contributed by atoms with Crippen molar-refractivity contribution in [2.24, 2.45) is 0 Å². The number of furan rings is 1. The summed E-state index contributed by atoms with van der Waals surface area (Å²) in [6.07, 6.45) is 0. The van der Waals surface area contributed by atoms with Crippen molar-refractivity contribution >= 4 is 85.0 Å². The van der Waals surface area contributed by atoms with Crippen LogP contribution in [0.25, 0.3) is 243 Å². The Morgan fingerprint density at radius 3 is 0.807 bits per heavy atom. The fourth-order valence-electron chi connectivity index (χ4n) is 17.6. The molecule has 0 N–H and O–H groups in total. The van der Waals surface area contributed by atoms with Gasteiger partial charge in [-0.1, -0.05) is 437 Å². The van der Waals surface area contributed by atoms with Gasteiger partial charge in [-0.25, -0.2) is 44.9 Å². The van der Waals surface area contributed by atoms with E-state index in [9.17, 15) is 0 Å². The lowest BCUT2D eigenvalue weighted by Crippen LogP contribution is -2.00. The first kappa shape index (κ1) is 81.9. The number of para-hydroxylation sites is 1. The molecule has 25 rings (SSSR count). The van der Waals surface area contributed by atoms with Gasteiger partial charge >= 0.3 is 0 Å². The van der Waals surface area contributed by atoms with Crippen LogP contribution in [0.15, 0.2) is 484 Å². The SMILES string of the molecule is c1ccc(-c2ccc(-c3nc(-c4ccc(-c5ccccc5)cc4)nc(-c4ccc5c(c4)sc4c(-c6ccccc6)cccc45)n3)cc2)cc1.c1ccc(-c2ccc(-c3nc(-c4ccccc4)nc(-c4ccc5c(c4)sc4cc(-c6ccccc6)ccc45)n3)cc2)cc1.c1ccc(-c2cccc(-c3nc(-c4ccccc4)nc(-c4cc(-c5ccccc5)c5c(c4)oc4ccccc45)n3)c2)cc1. The summed E-state index contributed by atoms with van der Waals surface area (Å²) in [6.45, 7) is 0. The number of nitrogens with zero attached hydrogens (tertiary/aromatic N) is 9. The first-order valence-corrected chi connectivity index (χ1v) is 46.6.